The summed E-state index contributed by atoms with van der Waals surface area (Å²) in [4.78, 5) is 13.3. The summed E-state index contributed by atoms with van der Waals surface area (Å²) in [5.41, 5.74) is 0.394. The van der Waals surface area contributed by atoms with Crippen molar-refractivity contribution in [3.63, 3.8) is 0 Å². The molecule has 0 saturated heterocycles. The van der Waals surface area contributed by atoms with Gasteiger partial charge in [0.2, 0.25) is 5.91 Å². The molecule has 0 spiro atoms. The highest BCUT2D eigenvalue weighted by molar-refractivity contribution is 5.92. The molecule has 102 valence electrons. The van der Waals surface area contributed by atoms with Crippen molar-refractivity contribution in [2.24, 2.45) is 0 Å². The summed E-state index contributed by atoms with van der Waals surface area (Å²) < 4.78 is 0. The normalized spacial score (nSPS) is 10.6. The fourth-order valence-corrected chi connectivity index (χ4v) is 1.12. The maximum atomic E-state index is 10.9. The molecule has 0 radical (unpaired) electrons. The monoisotopic (exact) mass is 242 g/mol. The molecular formula is C14H30N2O. The Bertz CT molecular complexity index is 219. The Morgan fingerprint density at radius 1 is 1.12 bits per heavy atom. The molecule has 0 aromatic carbocycles. The zero-order valence-corrected chi connectivity index (χ0v) is 12.7. The topological polar surface area (TPSA) is 32.3 Å². The van der Waals surface area contributed by atoms with Crippen molar-refractivity contribution >= 4 is 5.91 Å². The van der Waals surface area contributed by atoms with Crippen molar-refractivity contribution in [3.05, 3.63) is 12.2 Å². The number of hydrogen-bond acceptors (Lipinski definition) is 2. The lowest BCUT2D eigenvalue weighted by Gasteiger charge is -2.20. The Hall–Kier alpha value is -0.830. The Labute approximate surface area is 107 Å². The van der Waals surface area contributed by atoms with E-state index in [1.165, 1.54) is 19.6 Å². The van der Waals surface area contributed by atoms with Crippen LogP contribution in [0.2, 0.25) is 0 Å². The van der Waals surface area contributed by atoms with Crippen molar-refractivity contribution in [2.45, 2.75) is 54.0 Å². The van der Waals surface area contributed by atoms with Gasteiger partial charge in [-0.3, -0.25) is 4.79 Å². The van der Waals surface area contributed by atoms with Crippen LogP contribution >= 0.6 is 0 Å². The molecule has 0 saturated carbocycles. The van der Waals surface area contributed by atoms with Gasteiger partial charge in [-0.1, -0.05) is 27.4 Å². The molecule has 0 rings (SSSR count). The maximum Gasteiger partial charge on any atom is 0.246 e. The second kappa shape index (κ2) is 9.23. The summed E-state index contributed by atoms with van der Waals surface area (Å²) >= 11 is 0. The molecule has 3 heteroatoms. The minimum atomic E-state index is -0.157. The van der Waals surface area contributed by atoms with Crippen LogP contribution in [0.3, 0.4) is 0 Å². The van der Waals surface area contributed by atoms with E-state index in [-0.39, 0.29) is 11.4 Å². The fourth-order valence-electron chi connectivity index (χ4n) is 1.12. The summed E-state index contributed by atoms with van der Waals surface area (Å²) in [6.45, 7) is 21.2. The van der Waals surface area contributed by atoms with Gasteiger partial charge in [0.1, 0.15) is 0 Å². The van der Waals surface area contributed by atoms with Gasteiger partial charge in [-0.15, -0.1) is 0 Å². The molecule has 0 fully saturated rings. The van der Waals surface area contributed by atoms with Gasteiger partial charge in [0, 0.05) is 11.1 Å². The quantitative estimate of drug-likeness (QED) is 0.769. The minimum Gasteiger partial charge on any atom is -0.348 e. The van der Waals surface area contributed by atoms with Crippen LogP contribution in [0.15, 0.2) is 12.2 Å². The van der Waals surface area contributed by atoms with Crippen LogP contribution in [-0.2, 0) is 4.79 Å². The molecule has 0 aliphatic heterocycles. The van der Waals surface area contributed by atoms with Gasteiger partial charge in [-0.05, 0) is 47.3 Å². The molecule has 1 amide bonds. The largest absolute Gasteiger partial charge is 0.348 e. The van der Waals surface area contributed by atoms with Gasteiger partial charge >= 0.3 is 0 Å². The van der Waals surface area contributed by atoms with Crippen LogP contribution in [0, 0.1) is 0 Å². The first-order chi connectivity index (χ1) is 7.67. The third-order valence-corrected chi connectivity index (χ3v) is 2.22. The van der Waals surface area contributed by atoms with Crippen molar-refractivity contribution < 1.29 is 4.79 Å². The standard InChI is InChI=1S/C8H15NO.C6H15N/c1-6(2)7(10)9-8(3,4)5;1-4-7(5-2)6-3/h1H2,2-5H3,(H,9,10);4-6H2,1-3H3. The third kappa shape index (κ3) is 13.1. The number of amides is 1. The zero-order chi connectivity index (χ0) is 14.1. The molecule has 1 N–H and O–H groups in total. The first kappa shape index (κ1) is 18.5. The highest BCUT2D eigenvalue weighted by atomic mass is 16.1. The minimum absolute atomic E-state index is 0.0764. The number of nitrogens with one attached hydrogen (secondary N) is 1. The van der Waals surface area contributed by atoms with Gasteiger partial charge in [0.25, 0.3) is 0 Å². The van der Waals surface area contributed by atoms with Crippen LogP contribution in [0.1, 0.15) is 48.5 Å². The van der Waals surface area contributed by atoms with Gasteiger partial charge in [-0.2, -0.15) is 0 Å². The van der Waals surface area contributed by atoms with E-state index in [2.05, 4.69) is 37.6 Å². The molecule has 0 bridgehead atoms. The summed E-state index contributed by atoms with van der Waals surface area (Å²) in [5.74, 6) is -0.0764. The van der Waals surface area contributed by atoms with E-state index >= 15 is 0 Å². The lowest BCUT2D eigenvalue weighted by Crippen LogP contribution is -2.40. The molecule has 0 heterocycles. The van der Waals surface area contributed by atoms with E-state index < -0.39 is 0 Å². The van der Waals surface area contributed by atoms with E-state index in [0.717, 1.165) is 0 Å². The third-order valence-electron chi connectivity index (χ3n) is 2.22. The van der Waals surface area contributed by atoms with Gasteiger partial charge < -0.3 is 10.2 Å². The maximum absolute atomic E-state index is 10.9. The highest BCUT2D eigenvalue weighted by Crippen LogP contribution is 2.00. The smallest absolute Gasteiger partial charge is 0.246 e. The number of carbonyl (C=O) groups excluding carboxylic acids is 1. The van der Waals surface area contributed by atoms with E-state index in [9.17, 15) is 4.79 Å². The number of nitrogens with zero attached hydrogens (tertiary/aromatic N) is 1. The number of rotatable bonds is 4. The molecule has 3 nitrogen and oxygen atoms in total. The lowest BCUT2D eigenvalue weighted by molar-refractivity contribution is -0.118. The second-order valence-electron chi connectivity index (χ2n) is 5.10. The Morgan fingerprint density at radius 2 is 1.47 bits per heavy atom. The molecule has 0 aromatic heterocycles. The molecule has 0 atom stereocenters. The first-order valence-electron chi connectivity index (χ1n) is 6.38. The second-order valence-corrected chi connectivity index (χ2v) is 5.10. The molecule has 17 heavy (non-hydrogen) atoms. The predicted octanol–water partition coefficient (Wildman–Crippen LogP) is 2.83. The van der Waals surface area contributed by atoms with Crippen LogP contribution in [-0.4, -0.2) is 36.0 Å². The van der Waals surface area contributed by atoms with E-state index in [0.29, 0.717) is 5.57 Å². The van der Waals surface area contributed by atoms with E-state index in [1.54, 1.807) is 6.92 Å². The molecule has 0 aliphatic carbocycles. The molecule has 0 unspecified atom stereocenters. The van der Waals surface area contributed by atoms with Crippen LogP contribution in [0.25, 0.3) is 0 Å². The number of hydrogen-bond donors (Lipinski definition) is 1. The molecule has 0 aromatic rings. The zero-order valence-electron chi connectivity index (χ0n) is 12.7. The first-order valence-corrected chi connectivity index (χ1v) is 6.38. The average molecular weight is 242 g/mol. The van der Waals surface area contributed by atoms with Gasteiger partial charge in [0.15, 0.2) is 0 Å². The summed E-state index contributed by atoms with van der Waals surface area (Å²) in [6.07, 6.45) is 0. The van der Waals surface area contributed by atoms with Crippen molar-refractivity contribution in [1.29, 1.82) is 0 Å². The van der Waals surface area contributed by atoms with Gasteiger partial charge in [0.05, 0.1) is 0 Å². The Balaban J connectivity index is 0. The summed E-state index contributed by atoms with van der Waals surface area (Å²) in [7, 11) is 0. The summed E-state index contributed by atoms with van der Waals surface area (Å²) in [5, 5.41) is 2.78. The fraction of sp³-hybridized carbons (Fsp3) is 0.786. The van der Waals surface area contributed by atoms with Crippen LogP contribution in [0.4, 0.5) is 0 Å². The van der Waals surface area contributed by atoms with Crippen LogP contribution in [0.5, 0.6) is 0 Å². The highest BCUT2D eigenvalue weighted by Gasteiger charge is 2.12. The van der Waals surface area contributed by atoms with Crippen molar-refractivity contribution in [1.82, 2.24) is 10.2 Å². The SMILES string of the molecule is C=C(C)C(=O)NC(C)(C)C.CCN(CC)CC. The van der Waals surface area contributed by atoms with Gasteiger partial charge in [-0.25, -0.2) is 0 Å². The lowest BCUT2D eigenvalue weighted by atomic mass is 10.1. The Kier molecular flexibility index (Phi) is 10.1. The average Bonchev–Trinajstić information content (AvgIpc) is 2.18. The molecule has 0 aliphatic rings. The van der Waals surface area contributed by atoms with E-state index in [4.69, 9.17) is 0 Å². The summed E-state index contributed by atoms with van der Waals surface area (Å²) in [6, 6.07) is 0. The number of carbonyl (C=O) groups is 1. The van der Waals surface area contributed by atoms with Crippen LogP contribution < -0.4 is 5.32 Å². The molecular weight excluding hydrogens is 212 g/mol. The van der Waals surface area contributed by atoms with Crippen molar-refractivity contribution in [2.75, 3.05) is 19.6 Å². The Morgan fingerprint density at radius 3 is 1.53 bits per heavy atom. The predicted molar refractivity (Wildman–Crippen MR) is 76.2 cm³/mol. The van der Waals surface area contributed by atoms with Crippen molar-refractivity contribution in [3.8, 4) is 0 Å². The van der Waals surface area contributed by atoms with E-state index in [1.807, 2.05) is 20.8 Å².